The summed E-state index contributed by atoms with van der Waals surface area (Å²) in [5.74, 6) is -0.665. The highest BCUT2D eigenvalue weighted by Gasteiger charge is 2.58. The topological polar surface area (TPSA) is 122 Å². The minimum atomic E-state index is -0.890. The Kier molecular flexibility index (Phi) is 6.55. The Balaban J connectivity index is 1.70. The minimum Gasteiger partial charge on any atom is -0.365 e. The smallest absolute Gasteiger partial charge is 0.253 e. The Morgan fingerprint density at radius 3 is 2.69 bits per heavy atom. The molecule has 12 heteroatoms. The van der Waals surface area contributed by atoms with Gasteiger partial charge in [-0.3, -0.25) is 9.36 Å². The van der Waals surface area contributed by atoms with E-state index in [1.807, 2.05) is 0 Å². The third kappa shape index (κ3) is 4.27. The zero-order chi connectivity index (χ0) is 23.0. The van der Waals surface area contributed by atoms with E-state index in [1.54, 1.807) is 24.7 Å². The van der Waals surface area contributed by atoms with Crippen LogP contribution in [0.25, 0.3) is 11.2 Å². The van der Waals surface area contributed by atoms with Crippen molar-refractivity contribution in [2.24, 2.45) is 0 Å². The third-order valence-corrected chi connectivity index (χ3v) is 5.84. The molecule has 2 aliphatic rings. The zero-order valence-corrected chi connectivity index (χ0v) is 19.5. The number of anilines is 1. The van der Waals surface area contributed by atoms with Gasteiger partial charge >= 0.3 is 0 Å². The number of amides is 1. The van der Waals surface area contributed by atoms with Gasteiger partial charge in [-0.15, -0.1) is 0 Å². The molecule has 2 N–H and O–H groups in total. The molecule has 11 nitrogen and oxygen atoms in total. The van der Waals surface area contributed by atoms with E-state index < -0.39 is 30.3 Å². The molecule has 1 amide bonds. The second-order valence-electron chi connectivity index (χ2n) is 8.31. The van der Waals surface area contributed by atoms with Crippen molar-refractivity contribution in [2.75, 3.05) is 19.2 Å². The van der Waals surface area contributed by atoms with Gasteiger partial charge in [0.05, 0.1) is 6.33 Å². The van der Waals surface area contributed by atoms with Crippen LogP contribution in [0.15, 0.2) is 6.33 Å². The van der Waals surface area contributed by atoms with Crippen molar-refractivity contribution >= 4 is 34.5 Å². The molecule has 32 heavy (non-hydrogen) atoms. The summed E-state index contributed by atoms with van der Waals surface area (Å²) in [6.45, 7) is 7.86. The van der Waals surface area contributed by atoms with Crippen molar-refractivity contribution in [1.29, 1.82) is 0 Å². The molecule has 2 fully saturated rings. The average Bonchev–Trinajstić information content (AvgIpc) is 3.40. The third-order valence-electron chi connectivity index (χ3n) is 5.67. The lowest BCUT2D eigenvalue weighted by molar-refractivity contribution is -0.197. The molecule has 176 valence electrons. The predicted molar refractivity (Wildman–Crippen MR) is 116 cm³/mol. The summed E-state index contributed by atoms with van der Waals surface area (Å²) in [7, 11) is 1.49. The van der Waals surface area contributed by atoms with Gasteiger partial charge in [0.2, 0.25) is 5.28 Å². The fourth-order valence-electron chi connectivity index (χ4n) is 4.12. The van der Waals surface area contributed by atoms with Gasteiger partial charge in [0.25, 0.3) is 5.91 Å². The molecule has 2 aromatic heterocycles. The van der Waals surface area contributed by atoms with E-state index in [2.05, 4.69) is 39.4 Å². The van der Waals surface area contributed by atoms with E-state index in [4.69, 9.17) is 30.5 Å². The minimum absolute atomic E-state index is 0.0624. The number of ether oxygens (including phenoxy) is 4. The second kappa shape index (κ2) is 9.06. The number of aromatic nitrogens is 4. The van der Waals surface area contributed by atoms with Crippen LogP contribution in [0.1, 0.15) is 46.8 Å². The first-order chi connectivity index (χ1) is 15.3. The molecule has 0 spiro atoms. The number of halogens is 1. The largest absolute Gasteiger partial charge is 0.365 e. The van der Waals surface area contributed by atoms with Gasteiger partial charge in [-0.1, -0.05) is 13.8 Å². The monoisotopic (exact) mass is 468 g/mol. The van der Waals surface area contributed by atoms with Gasteiger partial charge < -0.3 is 29.6 Å². The zero-order valence-electron chi connectivity index (χ0n) is 18.8. The molecule has 0 bridgehead atoms. The summed E-state index contributed by atoms with van der Waals surface area (Å²) in [4.78, 5) is 25.9. The van der Waals surface area contributed by atoms with Crippen LogP contribution in [0.3, 0.4) is 0 Å². The first-order valence-electron chi connectivity index (χ1n) is 10.7. The molecule has 2 aliphatic heterocycles. The van der Waals surface area contributed by atoms with E-state index in [0.29, 0.717) is 17.0 Å². The van der Waals surface area contributed by atoms with Crippen LogP contribution >= 0.6 is 11.6 Å². The highest BCUT2D eigenvalue weighted by Crippen LogP contribution is 2.44. The fraction of sp³-hybridized carbons (Fsp3) is 0.700. The number of methoxy groups -OCH3 is 1. The van der Waals surface area contributed by atoms with Gasteiger partial charge in [-0.05, 0) is 38.3 Å². The first kappa shape index (κ1) is 23.1. The molecule has 4 heterocycles. The molecular formula is C20H29ClN6O5. The van der Waals surface area contributed by atoms with Crippen molar-refractivity contribution in [3.05, 3.63) is 11.6 Å². The van der Waals surface area contributed by atoms with Crippen LogP contribution in [-0.2, 0) is 23.7 Å². The predicted octanol–water partition coefficient (Wildman–Crippen LogP) is 2.22. The summed E-state index contributed by atoms with van der Waals surface area (Å²) in [6.07, 6.45) is 0.701. The van der Waals surface area contributed by atoms with Crippen LogP contribution in [0.2, 0.25) is 5.28 Å². The lowest BCUT2D eigenvalue weighted by atomic mass is 10.1. The van der Waals surface area contributed by atoms with Crippen molar-refractivity contribution in [3.63, 3.8) is 0 Å². The summed E-state index contributed by atoms with van der Waals surface area (Å²) >= 11 is 6.24. The fourth-order valence-corrected chi connectivity index (χ4v) is 4.28. The molecule has 2 aromatic rings. The van der Waals surface area contributed by atoms with Crippen molar-refractivity contribution in [3.8, 4) is 0 Å². The van der Waals surface area contributed by atoms with Crippen molar-refractivity contribution < 1.29 is 23.7 Å². The van der Waals surface area contributed by atoms with Crippen LogP contribution in [0.4, 0.5) is 5.82 Å². The highest BCUT2D eigenvalue weighted by atomic mass is 35.5. The number of imidazole rings is 1. The Labute approximate surface area is 191 Å². The van der Waals surface area contributed by atoms with Crippen LogP contribution < -0.4 is 10.6 Å². The molecular weight excluding hydrogens is 440 g/mol. The van der Waals surface area contributed by atoms with Gasteiger partial charge in [0, 0.05) is 13.2 Å². The maximum Gasteiger partial charge on any atom is 0.253 e. The summed E-state index contributed by atoms with van der Waals surface area (Å²) in [5.41, 5.74) is 1.04. The summed E-state index contributed by atoms with van der Waals surface area (Å²) in [6, 6.07) is 0.225. The molecule has 0 saturated carbocycles. The van der Waals surface area contributed by atoms with Gasteiger partial charge in [-0.25, -0.2) is 4.98 Å². The van der Waals surface area contributed by atoms with Crippen molar-refractivity contribution in [1.82, 2.24) is 24.8 Å². The summed E-state index contributed by atoms with van der Waals surface area (Å²) in [5, 5.41) is 6.14. The Morgan fingerprint density at radius 1 is 1.28 bits per heavy atom. The van der Waals surface area contributed by atoms with Crippen molar-refractivity contribution in [2.45, 2.75) is 76.9 Å². The number of carbonyl (C=O) groups excluding carboxylic acids is 1. The Bertz CT molecular complexity index is 981. The molecule has 0 unspecified atom stereocenters. The lowest BCUT2D eigenvalue weighted by Gasteiger charge is -2.24. The van der Waals surface area contributed by atoms with Gasteiger partial charge in [0.15, 0.2) is 35.1 Å². The SMILES string of the molecule is CCC(CC)Nc1nc(Cl)nc2c1ncn2[C@@H]1O[C@H](C(=O)NCOC)[C@H]2OC(C)(C)O[C@H]21. The maximum atomic E-state index is 12.7. The molecule has 2 saturated heterocycles. The van der Waals surface area contributed by atoms with E-state index >= 15 is 0 Å². The number of fused-ring (bicyclic) bond motifs is 2. The molecule has 4 atom stereocenters. The maximum absolute atomic E-state index is 12.7. The standard InChI is InChI=1S/C20H29ClN6O5/c1-6-10(7-2)24-15-11-16(26-19(21)25-15)27(8-22-11)18-14-12(31-20(3,4)32-14)13(30-18)17(28)23-9-29-5/h8,10,12-14,18H,6-7,9H2,1-5H3,(H,23,28)(H,24,25,26)/t12-,13+,14-,18-/m1/s1. The van der Waals surface area contributed by atoms with Gasteiger partial charge in [0.1, 0.15) is 18.9 Å². The second-order valence-corrected chi connectivity index (χ2v) is 8.65. The highest BCUT2D eigenvalue weighted by molar-refractivity contribution is 6.28. The number of hydrogen-bond donors (Lipinski definition) is 2. The van der Waals surface area contributed by atoms with Crippen LogP contribution in [0, 0.1) is 0 Å². The first-order valence-corrected chi connectivity index (χ1v) is 11.1. The molecule has 0 aromatic carbocycles. The van der Waals surface area contributed by atoms with E-state index in [-0.39, 0.29) is 24.0 Å². The lowest BCUT2D eigenvalue weighted by Crippen LogP contribution is -2.43. The quantitative estimate of drug-likeness (QED) is 0.443. The number of hydrogen-bond acceptors (Lipinski definition) is 9. The molecule has 0 aliphatic carbocycles. The van der Waals surface area contributed by atoms with E-state index in [9.17, 15) is 4.79 Å². The molecule has 0 radical (unpaired) electrons. The van der Waals surface area contributed by atoms with E-state index in [1.165, 1.54) is 7.11 Å². The van der Waals surface area contributed by atoms with E-state index in [0.717, 1.165) is 12.8 Å². The number of carbonyl (C=O) groups is 1. The van der Waals surface area contributed by atoms with Crippen LogP contribution in [0.5, 0.6) is 0 Å². The average molecular weight is 469 g/mol. The number of nitrogens with zero attached hydrogens (tertiary/aromatic N) is 4. The summed E-state index contributed by atoms with van der Waals surface area (Å²) < 4.78 is 24.9. The van der Waals surface area contributed by atoms with Gasteiger partial charge in [-0.2, -0.15) is 9.97 Å². The Morgan fingerprint density at radius 2 is 2.00 bits per heavy atom. The molecule has 4 rings (SSSR count). The number of nitrogens with one attached hydrogen (secondary N) is 2. The Hall–Kier alpha value is -2.05. The number of rotatable bonds is 8. The normalized spacial score (nSPS) is 26.6. The van der Waals surface area contributed by atoms with Crippen LogP contribution in [-0.4, -0.2) is 69.4 Å².